The molecule has 0 aliphatic carbocycles. The molecule has 0 fully saturated rings. The van der Waals surface area contributed by atoms with Gasteiger partial charge in [0.25, 0.3) is 5.91 Å². The molecule has 5 nitrogen and oxygen atoms in total. The number of hydrogen-bond donors (Lipinski definition) is 3. The molecule has 0 saturated carbocycles. The van der Waals surface area contributed by atoms with Crippen LogP contribution in [0.15, 0.2) is 47.5 Å². The van der Waals surface area contributed by atoms with Gasteiger partial charge in [0, 0.05) is 25.2 Å². The van der Waals surface area contributed by atoms with Crippen molar-refractivity contribution in [3.63, 3.8) is 0 Å². The van der Waals surface area contributed by atoms with Crippen LogP contribution in [0.2, 0.25) is 0 Å². The normalized spacial score (nSPS) is 14.1. The molecule has 2 atom stereocenters. The fourth-order valence-corrected chi connectivity index (χ4v) is 3.36. The zero-order valence-electron chi connectivity index (χ0n) is 18.0. The van der Waals surface area contributed by atoms with Gasteiger partial charge in [-0.3, -0.25) is 4.79 Å². The van der Waals surface area contributed by atoms with E-state index in [0.29, 0.717) is 30.6 Å². The predicted octanol–water partition coefficient (Wildman–Crippen LogP) is -4.10. The molecule has 1 aliphatic rings. The summed E-state index contributed by atoms with van der Waals surface area (Å²) in [7, 11) is 0. The molecule has 0 saturated heterocycles. The third-order valence-corrected chi connectivity index (χ3v) is 5.58. The van der Waals surface area contributed by atoms with Gasteiger partial charge >= 0.3 is 0 Å². The highest BCUT2D eigenvalue weighted by Crippen LogP contribution is 2.32. The van der Waals surface area contributed by atoms with Gasteiger partial charge in [-0.25, -0.2) is 9.38 Å². The molecule has 0 radical (unpaired) electrons. The van der Waals surface area contributed by atoms with E-state index >= 15 is 0 Å². The number of aliphatic imine (C=N–C) groups is 1. The van der Waals surface area contributed by atoms with Crippen molar-refractivity contribution in [3.05, 3.63) is 53.8 Å². The first-order valence-corrected chi connectivity index (χ1v) is 10.2. The van der Waals surface area contributed by atoms with Crippen LogP contribution in [0.3, 0.4) is 0 Å². The Hall–Kier alpha value is -1.99. The quantitative estimate of drug-likeness (QED) is 0.360. The fraction of sp³-hybridized carbons (Fsp3) is 0.391. The molecule has 2 unspecified atom stereocenters. The first-order valence-electron chi connectivity index (χ1n) is 10.2. The SMILES string of the molecule is CC(C)C([NH3+])CCC([NH3+])CNC(=O)C1=Nc2cc(-c3ccc(F)cc3)ccc2C1.[Cl-].[Cl-]. The topological polar surface area (TPSA) is 96.7 Å². The summed E-state index contributed by atoms with van der Waals surface area (Å²) in [5, 5.41) is 2.97. The van der Waals surface area contributed by atoms with Crippen molar-refractivity contribution in [2.75, 3.05) is 6.54 Å². The summed E-state index contributed by atoms with van der Waals surface area (Å²) in [6.07, 6.45) is 2.49. The number of carbonyl (C=O) groups is 1. The Kier molecular flexibility index (Phi) is 10.6. The maximum absolute atomic E-state index is 13.1. The minimum absolute atomic E-state index is 0. The Balaban J connectivity index is 0.00000240. The second-order valence-electron chi connectivity index (χ2n) is 8.24. The molecule has 8 heteroatoms. The van der Waals surface area contributed by atoms with Crippen molar-refractivity contribution in [3.8, 4) is 11.1 Å². The standard InChI is InChI=1S/C23H29FN4O.2ClH/c1-14(2)20(26)10-9-19(25)13-27-23(29)22-12-17-4-3-16(11-21(17)28-22)15-5-7-18(24)8-6-15;;/h3-8,11,14,19-20H,9-10,12-13,25-26H2,1-2H3,(H,27,29);2*1H. The maximum Gasteiger partial charge on any atom is 0.266 e. The number of fused-ring (bicyclic) bond motifs is 1. The van der Waals surface area contributed by atoms with Gasteiger partial charge in [0.2, 0.25) is 0 Å². The summed E-state index contributed by atoms with van der Waals surface area (Å²) in [4.78, 5) is 17.1. The molecule has 0 spiro atoms. The van der Waals surface area contributed by atoms with Crippen molar-refractivity contribution in [1.82, 2.24) is 5.32 Å². The van der Waals surface area contributed by atoms with Crippen LogP contribution >= 0.6 is 0 Å². The van der Waals surface area contributed by atoms with Gasteiger partial charge in [-0.15, -0.1) is 0 Å². The van der Waals surface area contributed by atoms with Gasteiger partial charge in [0.05, 0.1) is 18.3 Å². The van der Waals surface area contributed by atoms with Crippen LogP contribution in [-0.2, 0) is 11.2 Å². The van der Waals surface area contributed by atoms with Gasteiger partial charge in [-0.1, -0.05) is 38.1 Å². The molecule has 170 valence electrons. The molecule has 2 aromatic carbocycles. The molecule has 1 heterocycles. The second kappa shape index (κ2) is 12.2. The van der Waals surface area contributed by atoms with Crippen molar-refractivity contribution in [2.24, 2.45) is 10.9 Å². The number of amides is 1. The molecule has 1 amide bonds. The fourth-order valence-electron chi connectivity index (χ4n) is 3.36. The van der Waals surface area contributed by atoms with Crippen molar-refractivity contribution < 1.29 is 45.5 Å². The second-order valence-corrected chi connectivity index (χ2v) is 8.24. The molecular weight excluding hydrogens is 438 g/mol. The molecule has 1 aliphatic heterocycles. The van der Waals surface area contributed by atoms with Gasteiger partial charge in [-0.05, 0) is 34.9 Å². The van der Waals surface area contributed by atoms with Crippen LogP contribution in [0.25, 0.3) is 11.1 Å². The Labute approximate surface area is 195 Å². The van der Waals surface area contributed by atoms with Crippen LogP contribution in [0.5, 0.6) is 0 Å². The van der Waals surface area contributed by atoms with E-state index in [-0.39, 0.29) is 42.6 Å². The Morgan fingerprint density at radius 3 is 2.35 bits per heavy atom. The Morgan fingerprint density at radius 2 is 1.71 bits per heavy atom. The van der Waals surface area contributed by atoms with Crippen molar-refractivity contribution in [2.45, 2.75) is 45.2 Å². The van der Waals surface area contributed by atoms with Gasteiger partial charge in [-0.2, -0.15) is 0 Å². The minimum Gasteiger partial charge on any atom is -1.00 e. The monoisotopic (exact) mass is 468 g/mol. The molecule has 31 heavy (non-hydrogen) atoms. The van der Waals surface area contributed by atoms with Crippen LogP contribution in [-0.4, -0.2) is 30.2 Å². The molecule has 0 bridgehead atoms. The number of nitrogens with zero attached hydrogens (tertiary/aromatic N) is 1. The van der Waals surface area contributed by atoms with E-state index in [0.717, 1.165) is 35.2 Å². The number of nitrogens with one attached hydrogen (secondary N) is 1. The van der Waals surface area contributed by atoms with E-state index in [4.69, 9.17) is 0 Å². The van der Waals surface area contributed by atoms with Crippen LogP contribution in [0.4, 0.5) is 10.1 Å². The number of quaternary nitrogens is 2. The lowest BCUT2D eigenvalue weighted by molar-refractivity contribution is -0.445. The zero-order valence-corrected chi connectivity index (χ0v) is 19.5. The largest absolute Gasteiger partial charge is 1.00 e. The molecule has 2 aromatic rings. The Bertz CT molecular complexity index is 903. The summed E-state index contributed by atoms with van der Waals surface area (Å²) in [6.45, 7) is 4.89. The third-order valence-electron chi connectivity index (χ3n) is 5.58. The maximum atomic E-state index is 13.1. The summed E-state index contributed by atoms with van der Waals surface area (Å²) in [5.74, 6) is 0.168. The minimum atomic E-state index is -0.259. The average Bonchev–Trinajstić information content (AvgIpc) is 3.14. The number of hydrogen-bond acceptors (Lipinski definition) is 2. The molecule has 3 rings (SSSR count). The summed E-state index contributed by atoms with van der Waals surface area (Å²) in [6, 6.07) is 12.9. The lowest BCUT2D eigenvalue weighted by Gasteiger charge is -2.14. The molecular formula is C23H31Cl2FN4O. The van der Waals surface area contributed by atoms with Gasteiger partial charge < -0.3 is 41.6 Å². The summed E-state index contributed by atoms with van der Waals surface area (Å²) >= 11 is 0. The Morgan fingerprint density at radius 1 is 1.06 bits per heavy atom. The number of carbonyl (C=O) groups excluding carboxylic acids is 1. The van der Waals surface area contributed by atoms with E-state index in [1.807, 2.05) is 18.2 Å². The van der Waals surface area contributed by atoms with Crippen LogP contribution in [0, 0.1) is 11.7 Å². The highest BCUT2D eigenvalue weighted by molar-refractivity contribution is 6.40. The lowest BCUT2D eigenvalue weighted by atomic mass is 9.98. The number of rotatable bonds is 8. The average molecular weight is 469 g/mol. The van der Waals surface area contributed by atoms with E-state index < -0.39 is 0 Å². The van der Waals surface area contributed by atoms with E-state index in [2.05, 4.69) is 35.6 Å². The predicted molar refractivity (Wildman–Crippen MR) is 113 cm³/mol. The van der Waals surface area contributed by atoms with E-state index in [9.17, 15) is 9.18 Å². The van der Waals surface area contributed by atoms with E-state index in [1.54, 1.807) is 12.1 Å². The summed E-state index contributed by atoms with van der Waals surface area (Å²) in [5.41, 5.74) is 12.6. The lowest BCUT2D eigenvalue weighted by Crippen LogP contribution is -3.00. The van der Waals surface area contributed by atoms with Gasteiger partial charge in [0.15, 0.2) is 0 Å². The van der Waals surface area contributed by atoms with E-state index in [1.165, 1.54) is 12.1 Å². The van der Waals surface area contributed by atoms with Crippen molar-refractivity contribution in [1.29, 1.82) is 0 Å². The number of benzene rings is 2. The van der Waals surface area contributed by atoms with Crippen LogP contribution < -0.4 is 41.6 Å². The van der Waals surface area contributed by atoms with Gasteiger partial charge in [0.1, 0.15) is 17.6 Å². The molecule has 0 aromatic heterocycles. The summed E-state index contributed by atoms with van der Waals surface area (Å²) < 4.78 is 13.1. The van der Waals surface area contributed by atoms with Crippen LogP contribution in [0.1, 0.15) is 32.3 Å². The highest BCUT2D eigenvalue weighted by Gasteiger charge is 2.22. The van der Waals surface area contributed by atoms with Crippen molar-refractivity contribution >= 4 is 17.3 Å². The smallest absolute Gasteiger partial charge is 0.266 e. The first kappa shape index (κ1) is 27.0. The third kappa shape index (κ3) is 7.28. The first-order chi connectivity index (χ1) is 13.8. The number of halogens is 3. The highest BCUT2D eigenvalue weighted by atomic mass is 35.5. The zero-order chi connectivity index (χ0) is 21.0. The molecule has 7 N–H and O–H groups in total.